The number of halogens is 2. The first-order valence-electron chi connectivity index (χ1n) is 7.88. The molecule has 1 aromatic heterocycles. The zero-order chi connectivity index (χ0) is 16.2. The molecule has 0 radical (unpaired) electrons. The third kappa shape index (κ3) is 3.75. The molecule has 0 saturated heterocycles. The van der Waals surface area contributed by atoms with Crippen LogP contribution in [-0.2, 0) is 11.3 Å². The van der Waals surface area contributed by atoms with Gasteiger partial charge in [-0.25, -0.2) is 13.8 Å². The Morgan fingerprint density at radius 3 is 2.87 bits per heavy atom. The van der Waals surface area contributed by atoms with Crippen molar-refractivity contribution >= 4 is 16.9 Å². The van der Waals surface area contributed by atoms with E-state index in [1.54, 1.807) is 0 Å². The Labute approximate surface area is 133 Å². The normalized spacial score (nSPS) is 14.8. The topological polar surface area (TPSA) is 46.9 Å². The predicted octanol–water partition coefficient (Wildman–Crippen LogP) is 3.32. The highest BCUT2D eigenvalue weighted by atomic mass is 19.2. The van der Waals surface area contributed by atoms with E-state index in [-0.39, 0.29) is 12.5 Å². The molecule has 3 rings (SSSR count). The van der Waals surface area contributed by atoms with Gasteiger partial charge in [0.05, 0.1) is 17.4 Å². The Bertz CT molecular complexity index is 752. The quantitative estimate of drug-likeness (QED) is 0.859. The molecule has 0 fully saturated rings. The molecular weight excluding hydrogens is 300 g/mol. The van der Waals surface area contributed by atoms with Crippen LogP contribution >= 0.6 is 0 Å². The van der Waals surface area contributed by atoms with Crippen LogP contribution in [0.1, 0.15) is 32.1 Å². The SMILES string of the molecule is O=C(Cn1cnc2cc(F)c(F)cc21)NCCC1=CCCCC1. The van der Waals surface area contributed by atoms with Crippen molar-refractivity contribution in [1.82, 2.24) is 14.9 Å². The zero-order valence-corrected chi connectivity index (χ0v) is 12.8. The molecule has 1 aromatic carbocycles. The maximum Gasteiger partial charge on any atom is 0.240 e. The van der Waals surface area contributed by atoms with Crippen molar-refractivity contribution in [1.29, 1.82) is 0 Å². The van der Waals surface area contributed by atoms with E-state index >= 15 is 0 Å². The lowest BCUT2D eigenvalue weighted by Crippen LogP contribution is -2.28. The summed E-state index contributed by atoms with van der Waals surface area (Å²) >= 11 is 0. The Hall–Kier alpha value is -2.24. The minimum absolute atomic E-state index is 0.0423. The molecule has 6 heteroatoms. The average molecular weight is 319 g/mol. The van der Waals surface area contributed by atoms with Crippen LogP contribution < -0.4 is 5.32 Å². The summed E-state index contributed by atoms with van der Waals surface area (Å²) in [5.41, 5.74) is 2.15. The fraction of sp³-hybridized carbons (Fsp3) is 0.412. The smallest absolute Gasteiger partial charge is 0.240 e. The largest absolute Gasteiger partial charge is 0.354 e. The number of rotatable bonds is 5. The van der Waals surface area contributed by atoms with E-state index in [0.29, 0.717) is 17.6 Å². The summed E-state index contributed by atoms with van der Waals surface area (Å²) in [6.45, 7) is 0.640. The molecule has 2 aromatic rings. The van der Waals surface area contributed by atoms with Crippen LogP contribution in [0, 0.1) is 11.6 Å². The average Bonchev–Trinajstić information content (AvgIpc) is 2.91. The number of aromatic nitrogens is 2. The molecule has 0 saturated carbocycles. The molecule has 1 aliphatic carbocycles. The molecule has 0 atom stereocenters. The monoisotopic (exact) mass is 319 g/mol. The maximum absolute atomic E-state index is 13.3. The second-order valence-electron chi connectivity index (χ2n) is 5.84. The third-order valence-electron chi connectivity index (χ3n) is 4.13. The van der Waals surface area contributed by atoms with Crippen molar-refractivity contribution in [3.8, 4) is 0 Å². The number of nitrogens with one attached hydrogen (secondary N) is 1. The molecule has 122 valence electrons. The van der Waals surface area contributed by atoms with Gasteiger partial charge in [0, 0.05) is 18.7 Å². The Kier molecular flexibility index (Phi) is 4.69. The van der Waals surface area contributed by atoms with Gasteiger partial charge in [-0.3, -0.25) is 4.79 Å². The van der Waals surface area contributed by atoms with Gasteiger partial charge in [-0.1, -0.05) is 11.6 Å². The summed E-state index contributed by atoms with van der Waals surface area (Å²) < 4.78 is 28.0. The van der Waals surface area contributed by atoms with Crippen LogP contribution in [0.4, 0.5) is 8.78 Å². The highest BCUT2D eigenvalue weighted by molar-refractivity contribution is 5.80. The first kappa shape index (κ1) is 15.6. The molecule has 0 spiro atoms. The van der Waals surface area contributed by atoms with E-state index in [0.717, 1.165) is 31.4 Å². The fourth-order valence-corrected chi connectivity index (χ4v) is 2.88. The second kappa shape index (κ2) is 6.89. The van der Waals surface area contributed by atoms with Gasteiger partial charge in [0.25, 0.3) is 0 Å². The van der Waals surface area contributed by atoms with E-state index in [2.05, 4.69) is 16.4 Å². The second-order valence-corrected chi connectivity index (χ2v) is 5.84. The fourth-order valence-electron chi connectivity index (χ4n) is 2.88. The lowest BCUT2D eigenvalue weighted by Gasteiger charge is -2.13. The molecule has 0 unspecified atom stereocenters. The highest BCUT2D eigenvalue weighted by Crippen LogP contribution is 2.19. The van der Waals surface area contributed by atoms with Crippen molar-refractivity contribution in [3.05, 3.63) is 41.7 Å². The van der Waals surface area contributed by atoms with Gasteiger partial charge in [0.15, 0.2) is 11.6 Å². The van der Waals surface area contributed by atoms with Gasteiger partial charge in [-0.2, -0.15) is 0 Å². The molecule has 1 amide bonds. The molecule has 1 N–H and O–H groups in total. The standard InChI is InChI=1S/C17H19F2N3O/c18-13-8-15-16(9-14(13)19)22(11-21-15)10-17(23)20-7-6-12-4-2-1-3-5-12/h4,8-9,11H,1-3,5-7,10H2,(H,20,23). The van der Waals surface area contributed by atoms with Gasteiger partial charge in [0.1, 0.15) is 6.54 Å². The number of imidazole rings is 1. The van der Waals surface area contributed by atoms with Gasteiger partial charge in [-0.05, 0) is 32.1 Å². The van der Waals surface area contributed by atoms with Crippen molar-refractivity contribution in [2.24, 2.45) is 0 Å². The predicted molar refractivity (Wildman–Crippen MR) is 83.8 cm³/mol. The minimum Gasteiger partial charge on any atom is -0.354 e. The number of hydrogen-bond donors (Lipinski definition) is 1. The number of fused-ring (bicyclic) bond motifs is 1. The Morgan fingerprint density at radius 1 is 1.26 bits per heavy atom. The van der Waals surface area contributed by atoms with Gasteiger partial charge in [0.2, 0.25) is 5.91 Å². The number of benzene rings is 1. The Morgan fingerprint density at radius 2 is 2.09 bits per heavy atom. The first-order chi connectivity index (χ1) is 11.1. The van der Waals surface area contributed by atoms with Crippen molar-refractivity contribution in [2.45, 2.75) is 38.6 Å². The number of allylic oxidation sites excluding steroid dienone is 1. The number of carbonyl (C=O) groups excluding carboxylic acids is 1. The number of carbonyl (C=O) groups is 1. The van der Waals surface area contributed by atoms with Crippen LogP contribution in [0.15, 0.2) is 30.1 Å². The molecule has 1 heterocycles. The van der Waals surface area contributed by atoms with E-state index in [1.807, 2.05) is 0 Å². The van der Waals surface area contributed by atoms with E-state index in [1.165, 1.54) is 29.3 Å². The van der Waals surface area contributed by atoms with Gasteiger partial charge in [-0.15, -0.1) is 0 Å². The molecule has 0 aliphatic heterocycles. The molecule has 1 aliphatic rings. The van der Waals surface area contributed by atoms with Gasteiger partial charge < -0.3 is 9.88 Å². The van der Waals surface area contributed by atoms with Crippen molar-refractivity contribution < 1.29 is 13.6 Å². The van der Waals surface area contributed by atoms with E-state index in [4.69, 9.17) is 0 Å². The highest BCUT2D eigenvalue weighted by Gasteiger charge is 2.11. The van der Waals surface area contributed by atoms with Gasteiger partial charge >= 0.3 is 0 Å². The molecular formula is C17H19F2N3O. The number of nitrogens with zero attached hydrogens (tertiary/aromatic N) is 2. The maximum atomic E-state index is 13.3. The minimum atomic E-state index is -0.941. The number of amides is 1. The van der Waals surface area contributed by atoms with Crippen LogP contribution in [-0.4, -0.2) is 22.0 Å². The van der Waals surface area contributed by atoms with E-state index < -0.39 is 11.6 Å². The van der Waals surface area contributed by atoms with Crippen molar-refractivity contribution in [2.75, 3.05) is 6.54 Å². The first-order valence-corrected chi connectivity index (χ1v) is 7.88. The van der Waals surface area contributed by atoms with Crippen LogP contribution in [0.25, 0.3) is 11.0 Å². The summed E-state index contributed by atoms with van der Waals surface area (Å²) in [5.74, 6) is -2.04. The number of hydrogen-bond acceptors (Lipinski definition) is 2. The summed E-state index contributed by atoms with van der Waals surface area (Å²) in [7, 11) is 0. The summed E-state index contributed by atoms with van der Waals surface area (Å²) in [6.07, 6.45) is 9.28. The zero-order valence-electron chi connectivity index (χ0n) is 12.8. The summed E-state index contributed by atoms with van der Waals surface area (Å²) in [6, 6.07) is 2.10. The van der Waals surface area contributed by atoms with Crippen LogP contribution in [0.3, 0.4) is 0 Å². The molecule has 0 bridgehead atoms. The summed E-state index contributed by atoms with van der Waals surface area (Å²) in [4.78, 5) is 16.0. The van der Waals surface area contributed by atoms with Crippen LogP contribution in [0.5, 0.6) is 0 Å². The van der Waals surface area contributed by atoms with E-state index in [9.17, 15) is 13.6 Å². The lowest BCUT2D eigenvalue weighted by molar-refractivity contribution is -0.121. The van der Waals surface area contributed by atoms with Crippen molar-refractivity contribution in [3.63, 3.8) is 0 Å². The Balaban J connectivity index is 1.57. The molecule has 23 heavy (non-hydrogen) atoms. The lowest BCUT2D eigenvalue weighted by atomic mass is 9.97. The summed E-state index contributed by atoms with van der Waals surface area (Å²) in [5, 5.41) is 2.86. The van der Waals surface area contributed by atoms with Crippen LogP contribution in [0.2, 0.25) is 0 Å². The third-order valence-corrected chi connectivity index (χ3v) is 4.13. The molecule has 4 nitrogen and oxygen atoms in total.